The van der Waals surface area contributed by atoms with Crippen LogP contribution in [0.2, 0.25) is 5.02 Å². The number of carbonyl (C=O) groups is 1. The standard InChI is InChI=1S/C19H23ClN2O3/c1-12-10-17(14(3)25-12)13(2)21-19(23)22-8-9-24-18(11-22)15-4-6-16(20)7-5-15/h4-7,10,13,18H,8-9,11H2,1-3H3,(H,21,23). The number of halogens is 1. The van der Waals surface area contributed by atoms with Gasteiger partial charge in [-0.25, -0.2) is 4.79 Å². The van der Waals surface area contributed by atoms with E-state index in [1.807, 2.05) is 51.1 Å². The molecule has 134 valence electrons. The molecule has 2 atom stereocenters. The number of nitrogens with one attached hydrogen (secondary N) is 1. The van der Waals surface area contributed by atoms with Crippen LogP contribution in [0.5, 0.6) is 0 Å². The first-order chi connectivity index (χ1) is 11.9. The van der Waals surface area contributed by atoms with E-state index in [4.69, 9.17) is 20.8 Å². The second-order valence-electron chi connectivity index (χ2n) is 6.40. The van der Waals surface area contributed by atoms with Crippen LogP contribution in [0, 0.1) is 13.8 Å². The van der Waals surface area contributed by atoms with Crippen LogP contribution in [-0.2, 0) is 4.74 Å². The average Bonchev–Trinajstić information content (AvgIpc) is 2.94. The van der Waals surface area contributed by atoms with Crippen LogP contribution in [0.25, 0.3) is 0 Å². The van der Waals surface area contributed by atoms with Gasteiger partial charge in [-0.05, 0) is 44.5 Å². The van der Waals surface area contributed by atoms with E-state index in [1.165, 1.54) is 0 Å². The van der Waals surface area contributed by atoms with Gasteiger partial charge in [-0.3, -0.25) is 0 Å². The highest BCUT2D eigenvalue weighted by atomic mass is 35.5. The minimum Gasteiger partial charge on any atom is -0.466 e. The van der Waals surface area contributed by atoms with Crippen molar-refractivity contribution in [1.82, 2.24) is 10.2 Å². The van der Waals surface area contributed by atoms with Crippen molar-refractivity contribution in [2.24, 2.45) is 0 Å². The Morgan fingerprint density at radius 1 is 1.32 bits per heavy atom. The molecule has 0 radical (unpaired) electrons. The number of morpholine rings is 1. The van der Waals surface area contributed by atoms with Crippen molar-refractivity contribution in [1.29, 1.82) is 0 Å². The van der Waals surface area contributed by atoms with Gasteiger partial charge in [-0.15, -0.1) is 0 Å². The second kappa shape index (κ2) is 7.50. The number of rotatable bonds is 3. The summed E-state index contributed by atoms with van der Waals surface area (Å²) >= 11 is 5.94. The highest BCUT2D eigenvalue weighted by molar-refractivity contribution is 6.30. The Hall–Kier alpha value is -1.98. The quantitative estimate of drug-likeness (QED) is 0.880. The molecule has 1 saturated heterocycles. The van der Waals surface area contributed by atoms with Crippen molar-refractivity contribution in [3.05, 3.63) is 58.0 Å². The summed E-state index contributed by atoms with van der Waals surface area (Å²) in [7, 11) is 0. The van der Waals surface area contributed by atoms with Crippen molar-refractivity contribution in [2.45, 2.75) is 32.9 Å². The van der Waals surface area contributed by atoms with Crippen molar-refractivity contribution >= 4 is 17.6 Å². The molecule has 0 aliphatic carbocycles. The molecule has 3 rings (SSSR count). The van der Waals surface area contributed by atoms with Crippen LogP contribution in [0.1, 0.15) is 41.7 Å². The molecule has 2 heterocycles. The van der Waals surface area contributed by atoms with Gasteiger partial charge in [0.1, 0.15) is 17.6 Å². The summed E-state index contributed by atoms with van der Waals surface area (Å²) in [5.41, 5.74) is 2.03. The molecule has 1 fully saturated rings. The summed E-state index contributed by atoms with van der Waals surface area (Å²) in [4.78, 5) is 14.4. The van der Waals surface area contributed by atoms with Gasteiger partial charge in [-0.1, -0.05) is 23.7 Å². The Balaban J connectivity index is 1.63. The van der Waals surface area contributed by atoms with E-state index >= 15 is 0 Å². The summed E-state index contributed by atoms with van der Waals surface area (Å²) in [6, 6.07) is 9.32. The zero-order chi connectivity index (χ0) is 18.0. The van der Waals surface area contributed by atoms with E-state index in [1.54, 1.807) is 4.90 Å². The Kier molecular flexibility index (Phi) is 5.35. The zero-order valence-corrected chi connectivity index (χ0v) is 15.5. The van der Waals surface area contributed by atoms with Gasteiger partial charge in [0.05, 0.1) is 19.2 Å². The molecule has 1 aromatic carbocycles. The molecular formula is C19H23ClN2O3. The first kappa shape index (κ1) is 17.8. The predicted octanol–water partition coefficient (Wildman–Crippen LogP) is 4.39. The number of hydrogen-bond acceptors (Lipinski definition) is 3. The van der Waals surface area contributed by atoms with Crippen molar-refractivity contribution in [3.8, 4) is 0 Å². The monoisotopic (exact) mass is 362 g/mol. The maximum Gasteiger partial charge on any atom is 0.318 e. The molecule has 1 aliphatic heterocycles. The Bertz CT molecular complexity index is 742. The highest BCUT2D eigenvalue weighted by Gasteiger charge is 2.26. The largest absolute Gasteiger partial charge is 0.466 e. The first-order valence-corrected chi connectivity index (χ1v) is 8.81. The number of benzene rings is 1. The van der Waals surface area contributed by atoms with Crippen LogP contribution in [0.4, 0.5) is 4.79 Å². The van der Waals surface area contributed by atoms with Crippen LogP contribution in [0.15, 0.2) is 34.7 Å². The lowest BCUT2D eigenvalue weighted by molar-refractivity contribution is -0.0157. The molecule has 1 aromatic heterocycles. The molecular weight excluding hydrogens is 340 g/mol. The number of nitrogens with zero attached hydrogens (tertiary/aromatic N) is 1. The molecule has 0 bridgehead atoms. The van der Waals surface area contributed by atoms with Crippen LogP contribution in [-0.4, -0.2) is 30.6 Å². The predicted molar refractivity (Wildman–Crippen MR) is 96.8 cm³/mol. The second-order valence-corrected chi connectivity index (χ2v) is 6.83. The summed E-state index contributed by atoms with van der Waals surface area (Å²) in [6.45, 7) is 7.39. The van der Waals surface area contributed by atoms with Gasteiger partial charge in [-0.2, -0.15) is 0 Å². The summed E-state index contributed by atoms with van der Waals surface area (Å²) in [5, 5.41) is 3.74. The molecule has 2 aromatic rings. The Morgan fingerprint density at radius 2 is 2.04 bits per heavy atom. The number of amides is 2. The molecule has 0 saturated carbocycles. The van der Waals surface area contributed by atoms with Crippen LogP contribution in [0.3, 0.4) is 0 Å². The number of carbonyl (C=O) groups excluding carboxylic acids is 1. The zero-order valence-electron chi connectivity index (χ0n) is 14.7. The number of hydrogen-bond donors (Lipinski definition) is 1. The first-order valence-electron chi connectivity index (χ1n) is 8.43. The number of urea groups is 1. The summed E-state index contributed by atoms with van der Waals surface area (Å²) in [5.74, 6) is 1.69. The molecule has 2 amide bonds. The van der Waals surface area contributed by atoms with Crippen LogP contribution < -0.4 is 5.32 Å². The fourth-order valence-corrected chi connectivity index (χ4v) is 3.27. The summed E-state index contributed by atoms with van der Waals surface area (Å²) < 4.78 is 11.4. The van der Waals surface area contributed by atoms with Crippen molar-refractivity contribution < 1.29 is 13.9 Å². The number of furan rings is 1. The third-order valence-corrected chi connectivity index (χ3v) is 4.73. The van der Waals surface area contributed by atoms with Gasteiger partial charge >= 0.3 is 6.03 Å². The lowest BCUT2D eigenvalue weighted by Crippen LogP contribution is -2.47. The molecule has 25 heavy (non-hydrogen) atoms. The molecule has 2 unspecified atom stereocenters. The third kappa shape index (κ3) is 4.17. The maximum atomic E-state index is 12.6. The van der Waals surface area contributed by atoms with E-state index in [2.05, 4.69) is 5.32 Å². The van der Waals surface area contributed by atoms with Crippen molar-refractivity contribution in [3.63, 3.8) is 0 Å². The van der Waals surface area contributed by atoms with Gasteiger partial charge in [0.2, 0.25) is 0 Å². The third-order valence-electron chi connectivity index (χ3n) is 4.48. The Morgan fingerprint density at radius 3 is 2.68 bits per heavy atom. The molecule has 5 nitrogen and oxygen atoms in total. The van der Waals surface area contributed by atoms with Crippen LogP contribution >= 0.6 is 11.6 Å². The van der Waals surface area contributed by atoms with Gasteiger partial charge < -0.3 is 19.4 Å². The molecule has 6 heteroatoms. The smallest absolute Gasteiger partial charge is 0.318 e. The fourth-order valence-electron chi connectivity index (χ4n) is 3.15. The topological polar surface area (TPSA) is 54.7 Å². The molecule has 1 N–H and O–H groups in total. The van der Waals surface area contributed by atoms with Crippen molar-refractivity contribution in [2.75, 3.05) is 19.7 Å². The SMILES string of the molecule is Cc1cc(C(C)NC(=O)N2CCOC(c3ccc(Cl)cc3)C2)c(C)o1. The number of aryl methyl sites for hydroxylation is 2. The molecule has 0 spiro atoms. The number of ether oxygens (including phenoxy) is 1. The fraction of sp³-hybridized carbons (Fsp3) is 0.421. The van der Waals surface area contributed by atoms with Gasteiger partial charge in [0, 0.05) is 17.1 Å². The highest BCUT2D eigenvalue weighted by Crippen LogP contribution is 2.25. The van der Waals surface area contributed by atoms with E-state index in [0.29, 0.717) is 24.7 Å². The van der Waals surface area contributed by atoms with E-state index in [9.17, 15) is 4.79 Å². The normalized spacial score (nSPS) is 18.9. The maximum absolute atomic E-state index is 12.6. The average molecular weight is 363 g/mol. The van der Waals surface area contributed by atoms with Gasteiger partial charge in [0.15, 0.2) is 0 Å². The van der Waals surface area contributed by atoms with E-state index in [0.717, 1.165) is 22.6 Å². The lowest BCUT2D eigenvalue weighted by Gasteiger charge is -2.34. The van der Waals surface area contributed by atoms with E-state index in [-0.39, 0.29) is 18.2 Å². The molecule has 1 aliphatic rings. The Labute approximate surface area is 152 Å². The van der Waals surface area contributed by atoms with E-state index < -0.39 is 0 Å². The minimum absolute atomic E-state index is 0.0898. The van der Waals surface area contributed by atoms with Gasteiger partial charge in [0.25, 0.3) is 0 Å². The lowest BCUT2D eigenvalue weighted by atomic mass is 10.1. The minimum atomic E-state index is -0.134. The summed E-state index contributed by atoms with van der Waals surface area (Å²) in [6.07, 6.45) is -0.134.